The van der Waals surface area contributed by atoms with Crippen molar-refractivity contribution in [2.24, 2.45) is 0 Å². The lowest BCUT2D eigenvalue weighted by atomic mass is 10.1. The highest BCUT2D eigenvalue weighted by Gasteiger charge is 2.35. The molecule has 0 bridgehead atoms. The predicted molar refractivity (Wildman–Crippen MR) is 109 cm³/mol. The smallest absolute Gasteiger partial charge is 0.410 e. The first-order valence-electron chi connectivity index (χ1n) is 9.58. The molecule has 0 saturated carbocycles. The van der Waals surface area contributed by atoms with E-state index in [9.17, 15) is 9.18 Å². The van der Waals surface area contributed by atoms with Crippen LogP contribution in [0.25, 0.3) is 5.82 Å². The summed E-state index contributed by atoms with van der Waals surface area (Å²) < 4.78 is 27.1. The topological polar surface area (TPSA) is 69.5 Å². The standard InChI is InChI=1S/C20H27FN4O3S/c1-7-29-18-12(2)23-25(13(18)3)17-8-16(15(21)9-22-17)27-14-10-24(11-14)19(26)28-20(4,5)6/h8-9,14H,7,10-11H2,1-6H3. The zero-order valence-corrected chi connectivity index (χ0v) is 18.5. The van der Waals surface area contributed by atoms with Crippen LogP contribution in [0.1, 0.15) is 39.1 Å². The van der Waals surface area contributed by atoms with Crippen molar-refractivity contribution in [1.82, 2.24) is 19.7 Å². The van der Waals surface area contributed by atoms with Crippen LogP contribution in [-0.4, -0.2) is 56.3 Å². The number of halogens is 1. The molecule has 7 nitrogen and oxygen atoms in total. The van der Waals surface area contributed by atoms with Crippen molar-refractivity contribution in [1.29, 1.82) is 0 Å². The van der Waals surface area contributed by atoms with Crippen LogP contribution >= 0.6 is 11.8 Å². The summed E-state index contributed by atoms with van der Waals surface area (Å²) in [4.78, 5) is 18.8. The molecule has 1 amide bonds. The SMILES string of the molecule is CCSc1c(C)nn(-c2cc(OC3CN(C(=O)OC(C)(C)C)C3)c(F)cn2)c1C. The molecule has 1 saturated heterocycles. The van der Waals surface area contributed by atoms with E-state index in [2.05, 4.69) is 17.0 Å². The lowest BCUT2D eigenvalue weighted by Gasteiger charge is -2.39. The van der Waals surface area contributed by atoms with Gasteiger partial charge in [0.15, 0.2) is 17.4 Å². The van der Waals surface area contributed by atoms with Crippen molar-refractivity contribution in [3.63, 3.8) is 0 Å². The third kappa shape index (κ3) is 4.83. The minimum Gasteiger partial charge on any atom is -0.483 e. The average molecular weight is 423 g/mol. The fourth-order valence-corrected chi connectivity index (χ4v) is 3.82. The van der Waals surface area contributed by atoms with Crippen molar-refractivity contribution in [2.45, 2.75) is 58.1 Å². The van der Waals surface area contributed by atoms with E-state index in [1.807, 2.05) is 34.6 Å². The molecule has 9 heteroatoms. The van der Waals surface area contributed by atoms with Crippen LogP contribution in [0, 0.1) is 19.7 Å². The van der Waals surface area contributed by atoms with Crippen LogP contribution in [0.15, 0.2) is 17.2 Å². The van der Waals surface area contributed by atoms with Crippen molar-refractivity contribution >= 4 is 17.9 Å². The van der Waals surface area contributed by atoms with E-state index < -0.39 is 17.5 Å². The second-order valence-corrected chi connectivity index (χ2v) is 9.22. The van der Waals surface area contributed by atoms with E-state index in [-0.39, 0.29) is 11.9 Å². The second-order valence-electron chi connectivity index (χ2n) is 7.94. The predicted octanol–water partition coefficient (Wildman–Crippen LogP) is 4.13. The highest BCUT2D eigenvalue weighted by atomic mass is 32.2. The van der Waals surface area contributed by atoms with E-state index >= 15 is 0 Å². The van der Waals surface area contributed by atoms with Crippen LogP contribution in [-0.2, 0) is 4.74 Å². The Morgan fingerprint density at radius 2 is 2.03 bits per heavy atom. The number of hydrogen-bond acceptors (Lipinski definition) is 6. The molecule has 0 atom stereocenters. The molecule has 3 heterocycles. The average Bonchev–Trinajstić information content (AvgIpc) is 2.86. The number of thioether (sulfide) groups is 1. The lowest BCUT2D eigenvalue weighted by Crippen LogP contribution is -2.57. The van der Waals surface area contributed by atoms with Crippen molar-refractivity contribution in [3.8, 4) is 11.6 Å². The molecule has 0 unspecified atom stereocenters. The summed E-state index contributed by atoms with van der Waals surface area (Å²) in [6.45, 7) is 12.1. The fraction of sp³-hybridized carbons (Fsp3) is 0.550. The molecule has 29 heavy (non-hydrogen) atoms. The lowest BCUT2D eigenvalue weighted by molar-refractivity contribution is -0.0229. The third-order valence-corrected chi connectivity index (χ3v) is 5.50. The van der Waals surface area contributed by atoms with Crippen molar-refractivity contribution in [2.75, 3.05) is 18.8 Å². The number of aromatic nitrogens is 3. The minimum absolute atomic E-state index is 0.0982. The van der Waals surface area contributed by atoms with E-state index in [4.69, 9.17) is 9.47 Å². The summed E-state index contributed by atoms with van der Waals surface area (Å²) >= 11 is 1.72. The number of likely N-dealkylation sites (tertiary alicyclic amines) is 1. The molecule has 1 aliphatic heterocycles. The normalized spacial score (nSPS) is 14.7. The van der Waals surface area contributed by atoms with Gasteiger partial charge in [0, 0.05) is 6.07 Å². The van der Waals surface area contributed by atoms with Gasteiger partial charge in [-0.2, -0.15) is 5.10 Å². The molecule has 0 spiro atoms. The van der Waals surface area contributed by atoms with Crippen LogP contribution < -0.4 is 4.74 Å². The Kier molecular flexibility index (Phi) is 6.07. The summed E-state index contributed by atoms with van der Waals surface area (Å²) in [7, 11) is 0. The fourth-order valence-electron chi connectivity index (χ4n) is 2.99. The Bertz CT molecular complexity index is 904. The number of aryl methyl sites for hydroxylation is 1. The zero-order valence-electron chi connectivity index (χ0n) is 17.7. The van der Waals surface area contributed by atoms with Crippen molar-refractivity contribution in [3.05, 3.63) is 29.5 Å². The van der Waals surface area contributed by atoms with Gasteiger partial charge in [-0.15, -0.1) is 11.8 Å². The van der Waals surface area contributed by atoms with Gasteiger partial charge >= 0.3 is 6.09 Å². The quantitative estimate of drug-likeness (QED) is 0.675. The van der Waals surface area contributed by atoms with Crippen LogP contribution in [0.4, 0.5) is 9.18 Å². The molecule has 1 fully saturated rings. The van der Waals surface area contributed by atoms with E-state index in [1.54, 1.807) is 22.5 Å². The number of carbonyl (C=O) groups excluding carboxylic acids is 1. The van der Waals surface area contributed by atoms with Crippen LogP contribution in [0.5, 0.6) is 5.75 Å². The molecule has 1 aliphatic rings. The molecule has 3 rings (SSSR count). The van der Waals surface area contributed by atoms with E-state index in [1.165, 1.54) is 4.90 Å². The number of ether oxygens (including phenoxy) is 2. The number of amides is 1. The largest absolute Gasteiger partial charge is 0.483 e. The third-order valence-electron chi connectivity index (χ3n) is 4.33. The van der Waals surface area contributed by atoms with Gasteiger partial charge < -0.3 is 14.4 Å². The van der Waals surface area contributed by atoms with E-state index in [0.717, 1.165) is 28.2 Å². The molecular weight excluding hydrogens is 395 g/mol. The van der Waals surface area contributed by atoms with Gasteiger partial charge in [-0.1, -0.05) is 6.92 Å². The molecule has 0 N–H and O–H groups in total. The maximum absolute atomic E-state index is 14.3. The monoisotopic (exact) mass is 422 g/mol. The van der Waals surface area contributed by atoms with Crippen molar-refractivity contribution < 1.29 is 18.7 Å². The maximum atomic E-state index is 14.3. The summed E-state index contributed by atoms with van der Waals surface area (Å²) in [5.41, 5.74) is 1.32. The maximum Gasteiger partial charge on any atom is 0.410 e. The Labute approximate surface area is 174 Å². The first kappa shape index (κ1) is 21.4. The molecule has 0 aliphatic carbocycles. The first-order chi connectivity index (χ1) is 13.6. The summed E-state index contributed by atoms with van der Waals surface area (Å²) in [5.74, 6) is 0.984. The molecule has 2 aromatic heterocycles. The summed E-state index contributed by atoms with van der Waals surface area (Å²) in [6.07, 6.45) is 0.452. The van der Waals surface area contributed by atoms with Crippen LogP contribution in [0.2, 0.25) is 0 Å². The van der Waals surface area contributed by atoms with Gasteiger partial charge in [-0.25, -0.2) is 18.9 Å². The molecule has 158 valence electrons. The van der Waals surface area contributed by atoms with Gasteiger partial charge in [0.05, 0.1) is 35.6 Å². The Morgan fingerprint density at radius 1 is 1.34 bits per heavy atom. The summed E-state index contributed by atoms with van der Waals surface area (Å²) in [6, 6.07) is 1.55. The summed E-state index contributed by atoms with van der Waals surface area (Å²) in [5, 5.41) is 4.54. The van der Waals surface area contributed by atoms with Gasteiger partial charge in [-0.3, -0.25) is 0 Å². The minimum atomic E-state index is -0.552. The Balaban J connectivity index is 1.70. The Morgan fingerprint density at radius 3 is 2.66 bits per heavy atom. The first-order valence-corrected chi connectivity index (χ1v) is 10.6. The number of hydrogen-bond donors (Lipinski definition) is 0. The van der Waals surface area contributed by atoms with Gasteiger partial charge in [-0.05, 0) is 40.4 Å². The van der Waals surface area contributed by atoms with Gasteiger partial charge in [0.25, 0.3) is 0 Å². The van der Waals surface area contributed by atoms with Gasteiger partial charge in [0.1, 0.15) is 11.7 Å². The number of pyridine rings is 1. The van der Waals surface area contributed by atoms with Crippen LogP contribution in [0.3, 0.4) is 0 Å². The molecule has 2 aromatic rings. The Hall–Kier alpha value is -2.29. The highest BCUT2D eigenvalue weighted by molar-refractivity contribution is 7.99. The second kappa shape index (κ2) is 8.22. The number of rotatable bonds is 5. The molecular formula is C20H27FN4O3S. The van der Waals surface area contributed by atoms with Gasteiger partial charge in [0.2, 0.25) is 0 Å². The zero-order chi connectivity index (χ0) is 21.3. The number of nitrogens with zero attached hydrogens (tertiary/aromatic N) is 4. The molecule has 0 radical (unpaired) electrons. The highest BCUT2D eigenvalue weighted by Crippen LogP contribution is 2.29. The molecule has 0 aromatic carbocycles. The van der Waals surface area contributed by atoms with E-state index in [0.29, 0.717) is 18.9 Å². The number of carbonyl (C=O) groups is 1.